The van der Waals surface area contributed by atoms with E-state index in [0.29, 0.717) is 11.5 Å². The lowest BCUT2D eigenvalue weighted by atomic mass is 10.0. The summed E-state index contributed by atoms with van der Waals surface area (Å²) in [5.74, 6) is 1.26. The van der Waals surface area contributed by atoms with Crippen molar-refractivity contribution in [2.24, 2.45) is 5.92 Å². The molecule has 1 aromatic rings. The Bertz CT molecular complexity index is 454. The van der Waals surface area contributed by atoms with E-state index in [9.17, 15) is 0 Å². The molecule has 4 nitrogen and oxygen atoms in total. The maximum atomic E-state index is 9.07. The first kappa shape index (κ1) is 12.7. The summed E-state index contributed by atoms with van der Waals surface area (Å²) in [5.41, 5.74) is 1.47. The van der Waals surface area contributed by atoms with Gasteiger partial charge < -0.3 is 14.8 Å². The first-order valence-corrected chi connectivity index (χ1v) is 6.18. The molecular weight excluding hydrogens is 228 g/mol. The quantitative estimate of drug-likeness (QED) is 0.886. The minimum atomic E-state index is 0.286. The minimum Gasteiger partial charge on any atom is -0.497 e. The van der Waals surface area contributed by atoms with Crippen molar-refractivity contribution in [3.8, 4) is 11.8 Å². The lowest BCUT2D eigenvalue weighted by Crippen LogP contribution is -2.21. The first-order valence-electron chi connectivity index (χ1n) is 6.18. The van der Waals surface area contributed by atoms with Crippen molar-refractivity contribution < 1.29 is 9.47 Å². The van der Waals surface area contributed by atoms with E-state index in [4.69, 9.17) is 14.7 Å². The molecule has 4 heteroatoms. The number of benzene rings is 1. The lowest BCUT2D eigenvalue weighted by Gasteiger charge is -2.16. The maximum absolute atomic E-state index is 9.07. The van der Waals surface area contributed by atoms with Gasteiger partial charge in [-0.15, -0.1) is 0 Å². The molecule has 1 aliphatic heterocycles. The molecule has 0 saturated carbocycles. The molecule has 2 atom stereocenters. The number of nitriles is 1. The van der Waals surface area contributed by atoms with Gasteiger partial charge in [0, 0.05) is 25.1 Å². The van der Waals surface area contributed by atoms with Crippen LogP contribution in [-0.4, -0.2) is 26.4 Å². The molecule has 1 aromatic carbocycles. The van der Waals surface area contributed by atoms with Crippen molar-refractivity contribution in [3.63, 3.8) is 0 Å². The summed E-state index contributed by atoms with van der Waals surface area (Å²) in [6.45, 7) is 3.75. The van der Waals surface area contributed by atoms with Crippen LogP contribution in [0, 0.1) is 17.2 Å². The number of hydrogen-bond acceptors (Lipinski definition) is 4. The molecule has 0 radical (unpaired) electrons. The molecule has 96 valence electrons. The van der Waals surface area contributed by atoms with Crippen molar-refractivity contribution in [3.05, 3.63) is 23.8 Å². The predicted octanol–water partition coefficient (Wildman–Crippen LogP) is 2.40. The van der Waals surface area contributed by atoms with Crippen LogP contribution in [0.25, 0.3) is 0 Å². The molecule has 0 amide bonds. The Kier molecular flexibility index (Phi) is 4.06. The average molecular weight is 246 g/mol. The average Bonchev–Trinajstić information content (AvgIpc) is 2.81. The summed E-state index contributed by atoms with van der Waals surface area (Å²) in [6, 6.07) is 7.61. The normalized spacial score (nSPS) is 22.5. The van der Waals surface area contributed by atoms with Gasteiger partial charge in [-0.25, -0.2) is 0 Å². The lowest BCUT2D eigenvalue weighted by molar-refractivity contribution is 0.108. The molecule has 2 rings (SSSR count). The van der Waals surface area contributed by atoms with Crippen molar-refractivity contribution in [1.82, 2.24) is 0 Å². The second-order valence-electron chi connectivity index (χ2n) is 4.53. The largest absolute Gasteiger partial charge is 0.497 e. The molecule has 1 aliphatic rings. The molecule has 0 aromatic heterocycles. The van der Waals surface area contributed by atoms with Crippen LogP contribution in [0.1, 0.15) is 18.9 Å². The Morgan fingerprint density at radius 3 is 3.00 bits per heavy atom. The van der Waals surface area contributed by atoms with E-state index in [2.05, 4.69) is 18.3 Å². The SMILES string of the molecule is COc1ccc(C#N)c(NCC2CCOC2C)c1. The van der Waals surface area contributed by atoms with E-state index in [1.807, 2.05) is 6.07 Å². The van der Waals surface area contributed by atoms with Crippen molar-refractivity contribution in [2.45, 2.75) is 19.4 Å². The van der Waals surface area contributed by atoms with Crippen LogP contribution in [0.4, 0.5) is 5.69 Å². The van der Waals surface area contributed by atoms with Gasteiger partial charge in [0.1, 0.15) is 11.8 Å². The summed E-state index contributed by atoms with van der Waals surface area (Å²) in [7, 11) is 1.62. The highest BCUT2D eigenvalue weighted by molar-refractivity contribution is 5.60. The zero-order valence-electron chi connectivity index (χ0n) is 10.8. The number of nitrogens with zero attached hydrogens (tertiary/aromatic N) is 1. The number of hydrogen-bond donors (Lipinski definition) is 1. The van der Waals surface area contributed by atoms with Gasteiger partial charge in [-0.3, -0.25) is 0 Å². The van der Waals surface area contributed by atoms with Crippen LogP contribution in [-0.2, 0) is 4.74 Å². The predicted molar refractivity (Wildman–Crippen MR) is 69.7 cm³/mol. The molecular formula is C14H18N2O2. The van der Waals surface area contributed by atoms with Crippen molar-refractivity contribution in [2.75, 3.05) is 25.6 Å². The Labute approximate surface area is 108 Å². The Balaban J connectivity index is 2.05. The Hall–Kier alpha value is -1.73. The van der Waals surface area contributed by atoms with Crippen LogP contribution >= 0.6 is 0 Å². The van der Waals surface area contributed by atoms with Gasteiger partial charge in [-0.05, 0) is 25.5 Å². The summed E-state index contributed by atoms with van der Waals surface area (Å²) in [6.07, 6.45) is 1.36. The number of nitrogens with one attached hydrogen (secondary N) is 1. The van der Waals surface area contributed by atoms with Crippen LogP contribution in [0.3, 0.4) is 0 Å². The van der Waals surface area contributed by atoms with E-state index in [1.54, 1.807) is 19.2 Å². The topological polar surface area (TPSA) is 54.3 Å². The monoisotopic (exact) mass is 246 g/mol. The second kappa shape index (κ2) is 5.74. The third kappa shape index (κ3) is 2.74. The molecule has 0 spiro atoms. The fourth-order valence-corrected chi connectivity index (χ4v) is 2.18. The van der Waals surface area contributed by atoms with E-state index in [-0.39, 0.29) is 6.10 Å². The zero-order chi connectivity index (χ0) is 13.0. The summed E-state index contributed by atoms with van der Waals surface area (Å²) < 4.78 is 10.7. The van der Waals surface area contributed by atoms with E-state index in [1.165, 1.54) is 0 Å². The summed E-state index contributed by atoms with van der Waals surface area (Å²) >= 11 is 0. The summed E-state index contributed by atoms with van der Waals surface area (Å²) in [5, 5.41) is 12.4. The third-order valence-electron chi connectivity index (χ3n) is 3.44. The molecule has 0 aliphatic carbocycles. The number of ether oxygens (including phenoxy) is 2. The highest BCUT2D eigenvalue weighted by Crippen LogP contribution is 2.25. The molecule has 2 unspecified atom stereocenters. The van der Waals surface area contributed by atoms with Crippen LogP contribution in [0.2, 0.25) is 0 Å². The van der Waals surface area contributed by atoms with Crippen molar-refractivity contribution >= 4 is 5.69 Å². The van der Waals surface area contributed by atoms with E-state index in [0.717, 1.165) is 31.0 Å². The van der Waals surface area contributed by atoms with Gasteiger partial charge >= 0.3 is 0 Å². The second-order valence-corrected chi connectivity index (χ2v) is 4.53. The Morgan fingerprint density at radius 2 is 2.39 bits per heavy atom. The first-order chi connectivity index (χ1) is 8.74. The zero-order valence-corrected chi connectivity index (χ0v) is 10.8. The summed E-state index contributed by atoms with van der Waals surface area (Å²) in [4.78, 5) is 0. The molecule has 1 heterocycles. The van der Waals surface area contributed by atoms with E-state index >= 15 is 0 Å². The van der Waals surface area contributed by atoms with Gasteiger partial charge in [0.05, 0.1) is 24.5 Å². The maximum Gasteiger partial charge on any atom is 0.121 e. The van der Waals surface area contributed by atoms with Crippen LogP contribution < -0.4 is 10.1 Å². The fourth-order valence-electron chi connectivity index (χ4n) is 2.18. The molecule has 1 fully saturated rings. The smallest absolute Gasteiger partial charge is 0.121 e. The fraction of sp³-hybridized carbons (Fsp3) is 0.500. The third-order valence-corrected chi connectivity index (χ3v) is 3.44. The highest BCUT2D eigenvalue weighted by Gasteiger charge is 2.23. The number of methoxy groups -OCH3 is 1. The van der Waals surface area contributed by atoms with Crippen LogP contribution in [0.5, 0.6) is 5.75 Å². The standard InChI is InChI=1S/C14H18N2O2/c1-10-12(5-6-18-10)9-16-14-7-13(17-2)4-3-11(14)8-15/h3-4,7,10,12,16H,5-6,9H2,1-2H3. The number of rotatable bonds is 4. The minimum absolute atomic E-state index is 0.286. The van der Waals surface area contributed by atoms with E-state index < -0.39 is 0 Å². The molecule has 1 N–H and O–H groups in total. The molecule has 1 saturated heterocycles. The highest BCUT2D eigenvalue weighted by atomic mass is 16.5. The van der Waals surface area contributed by atoms with Gasteiger partial charge in [-0.1, -0.05) is 0 Å². The Morgan fingerprint density at radius 1 is 1.56 bits per heavy atom. The van der Waals surface area contributed by atoms with Gasteiger partial charge in [-0.2, -0.15) is 5.26 Å². The van der Waals surface area contributed by atoms with Gasteiger partial charge in [0.2, 0.25) is 0 Å². The van der Waals surface area contributed by atoms with Crippen molar-refractivity contribution in [1.29, 1.82) is 5.26 Å². The molecule has 18 heavy (non-hydrogen) atoms. The molecule has 0 bridgehead atoms. The number of anilines is 1. The van der Waals surface area contributed by atoms with Gasteiger partial charge in [0.15, 0.2) is 0 Å². The van der Waals surface area contributed by atoms with Gasteiger partial charge in [0.25, 0.3) is 0 Å². The van der Waals surface area contributed by atoms with Crippen LogP contribution in [0.15, 0.2) is 18.2 Å².